The molecular weight excluding hydrogens is 658 g/mol. The molecule has 0 unspecified atom stereocenters. The van der Waals surface area contributed by atoms with Crippen LogP contribution < -0.4 is 21.1 Å². The van der Waals surface area contributed by atoms with E-state index in [9.17, 15) is 13.2 Å². The van der Waals surface area contributed by atoms with Crippen molar-refractivity contribution in [1.82, 2.24) is 19.9 Å². The van der Waals surface area contributed by atoms with E-state index in [-0.39, 0.29) is 23.5 Å². The number of aromatic amines is 1. The lowest BCUT2D eigenvalue weighted by Gasteiger charge is -2.32. The Hall–Kier alpha value is -3.68. The van der Waals surface area contributed by atoms with Gasteiger partial charge in [-0.25, -0.2) is 8.42 Å². The van der Waals surface area contributed by atoms with E-state index in [1.165, 1.54) is 5.56 Å². The number of nitrogens with one attached hydrogen (secondary N) is 3. The second-order valence-electron chi connectivity index (χ2n) is 12.0. The van der Waals surface area contributed by atoms with Crippen molar-refractivity contribution < 1.29 is 17.9 Å². The molecule has 11 nitrogen and oxygen atoms in total. The summed E-state index contributed by atoms with van der Waals surface area (Å²) in [7, 11) is -3.56. The van der Waals surface area contributed by atoms with Gasteiger partial charge in [-0.2, -0.15) is 9.97 Å². The summed E-state index contributed by atoms with van der Waals surface area (Å²) in [6, 6.07) is 11.0. The minimum atomic E-state index is -3.56. The Balaban J connectivity index is 1.50. The number of likely N-dealkylation sites (tertiary alicyclic amines) is 1. The van der Waals surface area contributed by atoms with Gasteiger partial charge in [-0.3, -0.25) is 9.69 Å². The van der Waals surface area contributed by atoms with E-state index in [0.29, 0.717) is 40.2 Å². The number of rotatable bonds is 11. The van der Waals surface area contributed by atoms with Crippen LogP contribution in [0.5, 0.6) is 5.75 Å². The predicted octanol–water partition coefficient (Wildman–Crippen LogP) is 6.15. The van der Waals surface area contributed by atoms with Crippen LogP contribution in [-0.4, -0.2) is 65.2 Å². The van der Waals surface area contributed by atoms with Gasteiger partial charge < -0.3 is 26.1 Å². The highest BCUT2D eigenvalue weighted by molar-refractivity contribution is 9.10. The summed E-state index contributed by atoms with van der Waals surface area (Å²) in [6.45, 7) is 11.3. The van der Waals surface area contributed by atoms with Gasteiger partial charge in [-0.1, -0.05) is 12.1 Å². The van der Waals surface area contributed by atoms with Crippen molar-refractivity contribution in [3.05, 3.63) is 58.2 Å². The number of benzene rings is 2. The van der Waals surface area contributed by atoms with Gasteiger partial charge in [0.2, 0.25) is 11.9 Å². The van der Waals surface area contributed by atoms with Crippen molar-refractivity contribution in [2.75, 3.05) is 30.3 Å². The molecule has 0 aliphatic carbocycles. The number of amides is 1. The minimum Gasteiger partial charge on any atom is -0.489 e. The maximum Gasteiger partial charge on any atom is 0.231 e. The number of carbonyl (C=O) groups is 1. The lowest BCUT2D eigenvalue weighted by Crippen LogP contribution is -2.39. The van der Waals surface area contributed by atoms with E-state index < -0.39 is 15.1 Å². The van der Waals surface area contributed by atoms with Gasteiger partial charge in [-0.05, 0) is 118 Å². The number of para-hydroxylation sites is 1. The molecular formula is C32H40BrN7O4S. The topological polar surface area (TPSA) is 155 Å². The summed E-state index contributed by atoms with van der Waals surface area (Å²) in [5, 5.41) is 6.74. The van der Waals surface area contributed by atoms with Gasteiger partial charge in [0.15, 0.2) is 9.84 Å². The van der Waals surface area contributed by atoms with Crippen LogP contribution in [0.25, 0.3) is 11.0 Å². The molecule has 3 heterocycles. The summed E-state index contributed by atoms with van der Waals surface area (Å²) >= 11 is 3.58. The number of halogens is 1. The second kappa shape index (κ2) is 13.4. The van der Waals surface area contributed by atoms with E-state index in [1.54, 1.807) is 44.3 Å². The maximum absolute atomic E-state index is 13.2. The number of carbonyl (C=O) groups excluding carboxylic acids is 1. The van der Waals surface area contributed by atoms with Crippen LogP contribution >= 0.6 is 15.9 Å². The molecule has 1 saturated heterocycles. The fourth-order valence-electron chi connectivity index (χ4n) is 5.68. The van der Waals surface area contributed by atoms with E-state index in [1.807, 2.05) is 13.8 Å². The first kappa shape index (κ1) is 32.7. The fraction of sp³-hybridized carbons (Fsp3) is 0.406. The first-order chi connectivity index (χ1) is 21.3. The number of hydrogen-bond donors (Lipinski definition) is 4. The molecule has 2 aromatic heterocycles. The van der Waals surface area contributed by atoms with Crippen molar-refractivity contribution in [2.24, 2.45) is 5.73 Å². The number of anilines is 4. The third-order valence-corrected chi connectivity index (χ3v) is 10.8. The molecule has 1 amide bonds. The number of aromatic nitrogens is 3. The van der Waals surface area contributed by atoms with Gasteiger partial charge in [0.05, 0.1) is 39.6 Å². The monoisotopic (exact) mass is 697 g/mol. The predicted molar refractivity (Wildman–Crippen MR) is 181 cm³/mol. The van der Waals surface area contributed by atoms with Gasteiger partial charge in [0.1, 0.15) is 17.2 Å². The van der Waals surface area contributed by atoms with Crippen molar-refractivity contribution in [3.8, 4) is 5.75 Å². The van der Waals surface area contributed by atoms with Crippen LogP contribution in [0.4, 0.5) is 23.1 Å². The van der Waals surface area contributed by atoms with E-state index >= 15 is 0 Å². The van der Waals surface area contributed by atoms with Gasteiger partial charge in [0.25, 0.3) is 0 Å². The number of piperidine rings is 1. The molecule has 240 valence electrons. The first-order valence-corrected chi connectivity index (χ1v) is 17.4. The number of nitrogens with two attached hydrogens (primary N) is 1. The summed E-state index contributed by atoms with van der Waals surface area (Å²) in [4.78, 5) is 26.4. The SMILES string of the molecule is Cc1cc(Nc2nc(Nc3ccccc3S(=O)(=O)C(C)C)c3c(Br)c[nH]c3n2)c(OC(C)C)cc1C1CCN(CC(N)=O)CC1. The first-order valence-electron chi connectivity index (χ1n) is 15.1. The van der Waals surface area contributed by atoms with Gasteiger partial charge in [0, 0.05) is 10.7 Å². The molecule has 1 fully saturated rings. The smallest absolute Gasteiger partial charge is 0.231 e. The molecule has 0 bridgehead atoms. The zero-order valence-corrected chi connectivity index (χ0v) is 28.5. The molecule has 4 aromatic rings. The molecule has 5 N–H and O–H groups in total. The third kappa shape index (κ3) is 7.26. The lowest BCUT2D eigenvalue weighted by molar-refractivity contribution is -0.119. The van der Waals surface area contributed by atoms with E-state index in [2.05, 4.69) is 55.5 Å². The highest BCUT2D eigenvalue weighted by Crippen LogP contribution is 2.39. The zero-order chi connectivity index (χ0) is 32.5. The van der Waals surface area contributed by atoms with E-state index in [0.717, 1.165) is 41.7 Å². The Bertz CT molecular complexity index is 1820. The number of fused-ring (bicyclic) bond motifs is 1. The lowest BCUT2D eigenvalue weighted by atomic mass is 9.86. The number of sulfone groups is 1. The third-order valence-electron chi connectivity index (χ3n) is 7.93. The molecule has 1 aliphatic rings. The van der Waals surface area contributed by atoms with E-state index in [4.69, 9.17) is 20.4 Å². The molecule has 5 rings (SSSR count). The number of hydrogen-bond acceptors (Lipinski definition) is 9. The molecule has 1 aliphatic heterocycles. The van der Waals surface area contributed by atoms with Crippen molar-refractivity contribution in [1.29, 1.82) is 0 Å². The van der Waals surface area contributed by atoms with Crippen molar-refractivity contribution in [3.63, 3.8) is 0 Å². The molecule has 0 spiro atoms. The summed E-state index contributed by atoms with van der Waals surface area (Å²) in [6.07, 6.45) is 3.54. The number of primary amides is 1. The zero-order valence-electron chi connectivity index (χ0n) is 26.1. The Morgan fingerprint density at radius 1 is 1.11 bits per heavy atom. The Labute approximate surface area is 272 Å². The quantitative estimate of drug-likeness (QED) is 0.144. The number of H-pyrrole nitrogens is 1. The Morgan fingerprint density at radius 2 is 1.82 bits per heavy atom. The number of aryl methyl sites for hydroxylation is 1. The number of nitrogens with zero attached hydrogens (tertiary/aromatic N) is 3. The Morgan fingerprint density at radius 3 is 2.49 bits per heavy atom. The van der Waals surface area contributed by atoms with Gasteiger partial charge >= 0.3 is 0 Å². The van der Waals surface area contributed by atoms with Crippen LogP contribution in [0.3, 0.4) is 0 Å². The molecule has 0 atom stereocenters. The largest absolute Gasteiger partial charge is 0.489 e. The molecule has 13 heteroatoms. The molecule has 0 saturated carbocycles. The average Bonchev–Trinajstić information content (AvgIpc) is 3.35. The normalized spacial score (nSPS) is 14.8. The summed E-state index contributed by atoms with van der Waals surface area (Å²) in [5.74, 6) is 1.46. The van der Waals surface area contributed by atoms with Crippen molar-refractivity contribution in [2.45, 2.75) is 69.6 Å². The van der Waals surface area contributed by atoms with Crippen molar-refractivity contribution >= 4 is 65.8 Å². The number of ether oxygens (including phenoxy) is 1. The fourth-order valence-corrected chi connectivity index (χ4v) is 7.37. The highest BCUT2D eigenvalue weighted by atomic mass is 79.9. The average molecular weight is 699 g/mol. The summed E-state index contributed by atoms with van der Waals surface area (Å²) < 4.78 is 33.3. The molecule has 2 aromatic carbocycles. The van der Waals surface area contributed by atoms with Gasteiger partial charge in [-0.15, -0.1) is 0 Å². The Kier molecular flexibility index (Phi) is 9.71. The standard InChI is InChI=1S/C32H40BrN7O4S/c1-18(2)44-26-15-22(21-10-12-40(13-11-21)17-28(34)41)20(5)14-25(26)37-32-38-30-29(23(33)16-35-30)31(39-32)36-24-8-6-7-9-27(24)45(42,43)19(3)4/h6-9,14-16,18-19,21H,10-13,17H2,1-5H3,(H2,34,41)(H3,35,36,37,38,39). The summed E-state index contributed by atoms with van der Waals surface area (Å²) in [5.41, 5.74) is 9.44. The van der Waals surface area contributed by atoms with Crippen LogP contribution in [0.2, 0.25) is 0 Å². The maximum atomic E-state index is 13.2. The van der Waals surface area contributed by atoms with Crippen LogP contribution in [0.1, 0.15) is 57.6 Å². The highest BCUT2D eigenvalue weighted by Gasteiger charge is 2.26. The minimum absolute atomic E-state index is 0.0714. The van der Waals surface area contributed by atoms with Crippen LogP contribution in [-0.2, 0) is 14.6 Å². The van der Waals surface area contributed by atoms with Crippen LogP contribution in [0, 0.1) is 6.92 Å². The molecule has 0 radical (unpaired) electrons. The van der Waals surface area contributed by atoms with Crippen LogP contribution in [0.15, 0.2) is 52.0 Å². The molecule has 45 heavy (non-hydrogen) atoms. The second-order valence-corrected chi connectivity index (χ2v) is 15.3.